The van der Waals surface area contributed by atoms with E-state index in [0.29, 0.717) is 44.6 Å². The van der Waals surface area contributed by atoms with E-state index in [1.165, 1.54) is 4.90 Å². The molecule has 2 N–H and O–H groups in total. The van der Waals surface area contributed by atoms with E-state index in [-0.39, 0.29) is 29.9 Å². The molecule has 0 fully saturated rings. The summed E-state index contributed by atoms with van der Waals surface area (Å²) in [5.41, 5.74) is 3.20. The molecule has 1 amide bonds. The highest BCUT2D eigenvalue weighted by Crippen LogP contribution is 2.42. The molecule has 1 aromatic heterocycles. The monoisotopic (exact) mass is 512 g/mol. The van der Waals surface area contributed by atoms with E-state index in [1.807, 2.05) is 0 Å². The highest BCUT2D eigenvalue weighted by molar-refractivity contribution is 7.89. The average Bonchev–Trinajstić information content (AvgIpc) is 2.99. The second kappa shape index (κ2) is 8.94. The number of nitrogens with two attached hydrogens (primary N) is 1. The Kier molecular flexibility index (Phi) is 6.98. The van der Waals surface area contributed by atoms with Crippen LogP contribution in [-0.2, 0) is 23.1 Å². The first-order chi connectivity index (χ1) is 14.8. The van der Waals surface area contributed by atoms with E-state index >= 15 is 0 Å². The molecular weight excluding hydrogens is 492 g/mol. The van der Waals surface area contributed by atoms with Gasteiger partial charge in [0.05, 0.1) is 17.8 Å². The zero-order valence-electron chi connectivity index (χ0n) is 17.2. The van der Waals surface area contributed by atoms with Crippen molar-refractivity contribution < 1.29 is 26.4 Å². The maximum atomic E-state index is 13.2. The Bertz CT molecular complexity index is 1120. The van der Waals surface area contributed by atoms with Gasteiger partial charge in [0.1, 0.15) is 0 Å². The molecule has 7 nitrogen and oxygen atoms in total. The van der Waals surface area contributed by atoms with Crippen LogP contribution in [0, 0.1) is 6.92 Å². The Labute approximate surface area is 193 Å². The van der Waals surface area contributed by atoms with E-state index in [0.717, 1.165) is 7.05 Å². The van der Waals surface area contributed by atoms with Crippen molar-refractivity contribution in [3.8, 4) is 0 Å². The van der Waals surface area contributed by atoms with E-state index in [9.17, 15) is 26.4 Å². The number of allylic oxidation sites excluding steroid dienone is 4. The van der Waals surface area contributed by atoms with Crippen molar-refractivity contribution in [2.45, 2.75) is 37.9 Å². The number of hydrogen-bond donors (Lipinski definition) is 1. The summed E-state index contributed by atoms with van der Waals surface area (Å²) < 4.78 is 61.6. The first-order valence-corrected chi connectivity index (χ1v) is 11.8. The van der Waals surface area contributed by atoms with Gasteiger partial charge < -0.3 is 10.6 Å². The maximum Gasteiger partial charge on any atom is 0.511 e. The highest BCUT2D eigenvalue weighted by atomic mass is 35.5. The van der Waals surface area contributed by atoms with Crippen LogP contribution in [0.3, 0.4) is 0 Å². The van der Waals surface area contributed by atoms with Gasteiger partial charge in [0.2, 0.25) is 0 Å². The SMILES string of the molecule is Cc1nc2c(c(C3CC=C(Cl)C=C3Cl)c1CN)C(=O)N(CCN(C)S(=O)(=O)C(F)(F)F)C2. The molecule has 0 saturated heterocycles. The molecule has 0 spiro atoms. The summed E-state index contributed by atoms with van der Waals surface area (Å²) in [6, 6.07) is 0. The normalized spacial score (nSPS) is 19.3. The van der Waals surface area contributed by atoms with Crippen molar-refractivity contribution in [2.75, 3.05) is 20.1 Å². The first-order valence-electron chi connectivity index (χ1n) is 9.56. The highest BCUT2D eigenvalue weighted by Gasteiger charge is 2.48. The third-order valence-corrected chi connectivity index (χ3v) is 7.79. The minimum Gasteiger partial charge on any atom is -0.331 e. The van der Waals surface area contributed by atoms with Gasteiger partial charge in [-0.15, -0.1) is 0 Å². The van der Waals surface area contributed by atoms with Crippen LogP contribution in [0.5, 0.6) is 0 Å². The summed E-state index contributed by atoms with van der Waals surface area (Å²) in [4.78, 5) is 19.0. The third-order valence-electron chi connectivity index (χ3n) is 5.56. The lowest BCUT2D eigenvalue weighted by Gasteiger charge is -2.25. The van der Waals surface area contributed by atoms with E-state index < -0.39 is 28.0 Å². The maximum absolute atomic E-state index is 13.2. The number of carbonyl (C=O) groups is 1. The number of aromatic nitrogens is 1. The van der Waals surface area contributed by atoms with E-state index in [1.54, 1.807) is 19.1 Å². The minimum atomic E-state index is -5.49. The van der Waals surface area contributed by atoms with Crippen LogP contribution < -0.4 is 5.73 Å². The van der Waals surface area contributed by atoms with Gasteiger partial charge in [0.25, 0.3) is 5.91 Å². The second-order valence-corrected chi connectivity index (χ2v) is 10.4. The summed E-state index contributed by atoms with van der Waals surface area (Å²) in [6.45, 7) is 1.14. The lowest BCUT2D eigenvalue weighted by atomic mass is 9.84. The van der Waals surface area contributed by atoms with Crippen molar-refractivity contribution in [3.05, 3.63) is 50.3 Å². The van der Waals surface area contributed by atoms with E-state index in [2.05, 4.69) is 4.98 Å². The van der Waals surface area contributed by atoms with Gasteiger partial charge in [-0.3, -0.25) is 9.78 Å². The number of aryl methyl sites for hydroxylation is 1. The number of likely N-dealkylation sites (N-methyl/N-ethyl adjacent to an activating group) is 1. The van der Waals surface area contributed by atoms with Gasteiger partial charge >= 0.3 is 15.5 Å². The number of halogens is 5. The quantitative estimate of drug-likeness (QED) is 0.630. The number of fused-ring (bicyclic) bond motifs is 1. The van der Waals surface area contributed by atoms with Crippen LogP contribution in [0.2, 0.25) is 0 Å². The summed E-state index contributed by atoms with van der Waals surface area (Å²) in [7, 11) is -4.67. The second-order valence-electron chi connectivity index (χ2n) is 7.52. The fraction of sp³-hybridized carbons (Fsp3) is 0.474. The number of pyridine rings is 1. The Hall–Kier alpha value is -1.66. The fourth-order valence-electron chi connectivity index (χ4n) is 3.86. The van der Waals surface area contributed by atoms with Crippen LogP contribution in [0.25, 0.3) is 0 Å². The summed E-state index contributed by atoms with van der Waals surface area (Å²) >= 11 is 12.5. The summed E-state index contributed by atoms with van der Waals surface area (Å²) in [5, 5.41) is 0.909. The summed E-state index contributed by atoms with van der Waals surface area (Å²) in [6.07, 6.45) is 3.81. The molecular formula is C19H21Cl2F3N4O3S. The predicted molar refractivity (Wildman–Crippen MR) is 114 cm³/mol. The predicted octanol–water partition coefficient (Wildman–Crippen LogP) is 3.32. The van der Waals surface area contributed by atoms with Gasteiger partial charge in [-0.1, -0.05) is 29.3 Å². The van der Waals surface area contributed by atoms with Crippen LogP contribution >= 0.6 is 23.2 Å². The molecule has 1 aliphatic carbocycles. The molecule has 2 heterocycles. The third kappa shape index (κ3) is 4.41. The zero-order chi connectivity index (χ0) is 24.0. The zero-order valence-corrected chi connectivity index (χ0v) is 19.5. The molecule has 0 radical (unpaired) electrons. The Morgan fingerprint density at radius 1 is 1.34 bits per heavy atom. The molecule has 13 heteroatoms. The van der Waals surface area contributed by atoms with Crippen LogP contribution in [-0.4, -0.2) is 54.2 Å². The molecule has 1 aromatic rings. The van der Waals surface area contributed by atoms with Gasteiger partial charge in [-0.25, -0.2) is 8.42 Å². The van der Waals surface area contributed by atoms with Crippen molar-refractivity contribution in [3.63, 3.8) is 0 Å². The van der Waals surface area contributed by atoms with Crippen LogP contribution in [0.1, 0.15) is 45.2 Å². The number of carbonyl (C=O) groups excluding carboxylic acids is 1. The van der Waals surface area contributed by atoms with Crippen molar-refractivity contribution >= 4 is 39.1 Å². The van der Waals surface area contributed by atoms with Crippen LogP contribution in [0.15, 0.2) is 22.2 Å². The Morgan fingerprint density at radius 3 is 2.56 bits per heavy atom. The van der Waals surface area contributed by atoms with Crippen LogP contribution in [0.4, 0.5) is 13.2 Å². The van der Waals surface area contributed by atoms with E-state index in [4.69, 9.17) is 28.9 Å². The number of alkyl halides is 3. The number of rotatable bonds is 6. The van der Waals surface area contributed by atoms with Gasteiger partial charge in [-0.05, 0) is 30.5 Å². The lowest BCUT2D eigenvalue weighted by Crippen LogP contribution is -2.42. The summed E-state index contributed by atoms with van der Waals surface area (Å²) in [5.74, 6) is -0.828. The topological polar surface area (TPSA) is 96.6 Å². The van der Waals surface area contributed by atoms with Crippen molar-refractivity contribution in [1.29, 1.82) is 0 Å². The number of amides is 1. The Morgan fingerprint density at radius 2 is 2.00 bits per heavy atom. The minimum absolute atomic E-state index is 0.0391. The molecule has 3 rings (SSSR count). The molecule has 0 saturated carbocycles. The number of sulfonamides is 1. The van der Waals surface area contributed by atoms with Crippen molar-refractivity contribution in [2.24, 2.45) is 5.73 Å². The molecule has 1 aliphatic heterocycles. The average molecular weight is 513 g/mol. The number of hydrogen-bond acceptors (Lipinski definition) is 5. The van der Waals surface area contributed by atoms with Gasteiger partial charge in [-0.2, -0.15) is 17.5 Å². The molecule has 0 bridgehead atoms. The molecule has 32 heavy (non-hydrogen) atoms. The lowest BCUT2D eigenvalue weighted by molar-refractivity contribution is -0.0483. The molecule has 0 aromatic carbocycles. The van der Waals surface area contributed by atoms with Crippen molar-refractivity contribution in [1.82, 2.24) is 14.2 Å². The first kappa shape index (κ1) is 25.0. The Balaban J connectivity index is 1.93. The standard InChI is InChI=1S/C19H21Cl2F3N4O3S/c1-10-13(8-25)16(12-4-3-11(20)7-14(12)21)17-15(26-10)9-28(18(17)29)6-5-27(2)32(30,31)19(22,23)24/h3,7,12H,4-6,8-9,25H2,1-2H3. The van der Waals surface area contributed by atoms with Gasteiger partial charge in [0, 0.05) is 48.4 Å². The molecule has 1 atom stereocenters. The largest absolute Gasteiger partial charge is 0.511 e. The number of nitrogens with zero attached hydrogens (tertiary/aromatic N) is 3. The van der Waals surface area contributed by atoms with Gasteiger partial charge in [0.15, 0.2) is 0 Å². The molecule has 176 valence electrons. The molecule has 2 aliphatic rings. The fourth-order valence-corrected chi connectivity index (χ4v) is 5.12. The molecule has 1 unspecified atom stereocenters. The smallest absolute Gasteiger partial charge is 0.331 e.